The van der Waals surface area contributed by atoms with E-state index in [1.54, 1.807) is 6.92 Å². The summed E-state index contributed by atoms with van der Waals surface area (Å²) < 4.78 is 11.6. The molecule has 0 aromatic heterocycles. The lowest BCUT2D eigenvalue weighted by atomic mass is 10.1. The molecule has 2 rings (SSSR count). The Balaban J connectivity index is 2.17. The van der Waals surface area contributed by atoms with Crippen LogP contribution in [0, 0.1) is 0 Å². The molecule has 0 fully saturated rings. The monoisotopic (exact) mass is 272 g/mol. The lowest BCUT2D eigenvalue weighted by Crippen LogP contribution is -2.01. The largest absolute Gasteiger partial charge is 0.454 e. The second kappa shape index (κ2) is 4.41. The average Bonchev–Trinajstić information content (AvgIpc) is 2.60. The third kappa shape index (κ3) is 2.44. The fourth-order valence-corrected chi connectivity index (χ4v) is 2.04. The van der Waals surface area contributed by atoms with Crippen molar-refractivity contribution in [2.75, 3.05) is 6.79 Å². The standard InChI is InChI=1S/C11H13BrO3/c1-7(13)2-3-8-4-10-11(5-9(8)12)15-6-14-10/h4-5,7,13H,2-3,6H2,1H3/t7-/m0/s1. The second-order valence-corrected chi connectivity index (χ2v) is 4.54. The molecule has 1 aromatic rings. The fraction of sp³-hybridized carbons (Fsp3) is 0.455. The highest BCUT2D eigenvalue weighted by molar-refractivity contribution is 9.10. The number of ether oxygens (including phenoxy) is 2. The van der Waals surface area contributed by atoms with Gasteiger partial charge in [0.25, 0.3) is 0 Å². The van der Waals surface area contributed by atoms with Crippen LogP contribution in [0.5, 0.6) is 11.5 Å². The molecule has 1 aliphatic heterocycles. The van der Waals surface area contributed by atoms with Gasteiger partial charge in [-0.25, -0.2) is 0 Å². The maximum Gasteiger partial charge on any atom is 0.231 e. The summed E-state index contributed by atoms with van der Waals surface area (Å²) in [6, 6.07) is 3.88. The van der Waals surface area contributed by atoms with Gasteiger partial charge in [0.1, 0.15) is 0 Å². The summed E-state index contributed by atoms with van der Waals surface area (Å²) in [5.41, 5.74) is 1.14. The smallest absolute Gasteiger partial charge is 0.231 e. The van der Waals surface area contributed by atoms with Gasteiger partial charge >= 0.3 is 0 Å². The molecule has 15 heavy (non-hydrogen) atoms. The number of hydrogen-bond donors (Lipinski definition) is 1. The summed E-state index contributed by atoms with van der Waals surface area (Å²) in [5, 5.41) is 9.23. The van der Waals surface area contributed by atoms with E-state index in [0.29, 0.717) is 6.79 Å². The van der Waals surface area contributed by atoms with Gasteiger partial charge in [0.05, 0.1) is 6.10 Å². The van der Waals surface area contributed by atoms with E-state index < -0.39 is 0 Å². The van der Waals surface area contributed by atoms with Crippen LogP contribution in [0.3, 0.4) is 0 Å². The van der Waals surface area contributed by atoms with Crippen LogP contribution in [0.25, 0.3) is 0 Å². The number of aliphatic hydroxyl groups is 1. The number of halogens is 1. The Morgan fingerprint density at radius 2 is 2.07 bits per heavy atom. The molecule has 0 radical (unpaired) electrons. The number of aliphatic hydroxyl groups excluding tert-OH is 1. The minimum atomic E-state index is -0.276. The Morgan fingerprint density at radius 1 is 1.40 bits per heavy atom. The molecule has 0 aliphatic carbocycles. The molecular weight excluding hydrogens is 260 g/mol. The van der Waals surface area contributed by atoms with Crippen LogP contribution < -0.4 is 9.47 Å². The number of hydrogen-bond acceptors (Lipinski definition) is 3. The van der Waals surface area contributed by atoms with Gasteiger partial charge in [-0.1, -0.05) is 15.9 Å². The van der Waals surface area contributed by atoms with Crippen molar-refractivity contribution >= 4 is 15.9 Å². The highest BCUT2D eigenvalue weighted by atomic mass is 79.9. The topological polar surface area (TPSA) is 38.7 Å². The van der Waals surface area contributed by atoms with Crippen LogP contribution in [-0.2, 0) is 6.42 Å². The van der Waals surface area contributed by atoms with E-state index in [-0.39, 0.29) is 6.10 Å². The molecule has 1 aromatic carbocycles. The highest BCUT2D eigenvalue weighted by Gasteiger charge is 2.16. The molecule has 0 bridgehead atoms. The molecule has 4 heteroatoms. The van der Waals surface area contributed by atoms with Crippen molar-refractivity contribution < 1.29 is 14.6 Å². The van der Waals surface area contributed by atoms with Gasteiger partial charge in [0, 0.05) is 4.47 Å². The molecular formula is C11H13BrO3. The molecule has 0 saturated heterocycles. The van der Waals surface area contributed by atoms with Crippen LogP contribution in [-0.4, -0.2) is 18.0 Å². The van der Waals surface area contributed by atoms with Gasteiger partial charge in [-0.3, -0.25) is 0 Å². The number of fused-ring (bicyclic) bond motifs is 1. The Hall–Kier alpha value is -0.740. The SMILES string of the molecule is C[C@H](O)CCc1cc2c(cc1Br)OCO2. The van der Waals surface area contributed by atoms with Crippen LogP contribution in [0.4, 0.5) is 0 Å². The Kier molecular flexibility index (Phi) is 3.17. The minimum absolute atomic E-state index is 0.276. The van der Waals surface area contributed by atoms with Crippen molar-refractivity contribution in [2.24, 2.45) is 0 Å². The fourth-order valence-electron chi connectivity index (χ4n) is 1.52. The van der Waals surface area contributed by atoms with Crippen LogP contribution in [0.15, 0.2) is 16.6 Å². The lowest BCUT2D eigenvalue weighted by Gasteiger charge is -2.07. The van der Waals surface area contributed by atoms with Crippen molar-refractivity contribution in [1.29, 1.82) is 0 Å². The quantitative estimate of drug-likeness (QED) is 0.919. The van der Waals surface area contributed by atoms with Crippen molar-refractivity contribution in [2.45, 2.75) is 25.9 Å². The van der Waals surface area contributed by atoms with Gasteiger partial charge in [-0.05, 0) is 37.5 Å². The first-order chi connectivity index (χ1) is 7.16. The van der Waals surface area contributed by atoms with E-state index in [9.17, 15) is 5.11 Å². The van der Waals surface area contributed by atoms with E-state index in [1.807, 2.05) is 12.1 Å². The Morgan fingerprint density at radius 3 is 2.73 bits per heavy atom. The van der Waals surface area contributed by atoms with Gasteiger partial charge in [-0.2, -0.15) is 0 Å². The summed E-state index contributed by atoms with van der Waals surface area (Å²) in [5.74, 6) is 1.57. The first-order valence-electron chi connectivity index (χ1n) is 4.93. The zero-order valence-corrected chi connectivity index (χ0v) is 10.1. The van der Waals surface area contributed by atoms with E-state index in [1.165, 1.54) is 0 Å². The molecule has 0 amide bonds. The summed E-state index contributed by atoms with van der Waals surface area (Å²) in [6.45, 7) is 2.09. The van der Waals surface area contributed by atoms with Crippen molar-refractivity contribution in [3.63, 3.8) is 0 Å². The number of rotatable bonds is 3. The van der Waals surface area contributed by atoms with Crippen LogP contribution in [0.1, 0.15) is 18.9 Å². The summed E-state index contributed by atoms with van der Waals surface area (Å²) >= 11 is 3.48. The summed E-state index contributed by atoms with van der Waals surface area (Å²) in [7, 11) is 0. The molecule has 1 aliphatic rings. The average molecular weight is 273 g/mol. The van der Waals surface area contributed by atoms with E-state index in [2.05, 4.69) is 15.9 Å². The highest BCUT2D eigenvalue weighted by Crippen LogP contribution is 2.37. The van der Waals surface area contributed by atoms with Gasteiger partial charge in [0.2, 0.25) is 6.79 Å². The van der Waals surface area contributed by atoms with E-state index in [4.69, 9.17) is 9.47 Å². The zero-order valence-electron chi connectivity index (χ0n) is 8.50. The van der Waals surface area contributed by atoms with Gasteiger partial charge in [-0.15, -0.1) is 0 Å². The lowest BCUT2D eigenvalue weighted by molar-refractivity contribution is 0.173. The summed E-state index contributed by atoms with van der Waals surface area (Å²) in [4.78, 5) is 0. The normalized spacial score (nSPS) is 15.4. The second-order valence-electron chi connectivity index (χ2n) is 3.68. The van der Waals surface area contributed by atoms with Crippen molar-refractivity contribution in [1.82, 2.24) is 0 Å². The van der Waals surface area contributed by atoms with E-state index >= 15 is 0 Å². The molecule has 1 atom stereocenters. The Labute approximate surface area is 97.1 Å². The zero-order chi connectivity index (χ0) is 10.8. The predicted molar refractivity (Wildman–Crippen MR) is 60.3 cm³/mol. The molecule has 3 nitrogen and oxygen atoms in total. The maximum atomic E-state index is 9.23. The molecule has 0 saturated carbocycles. The number of benzene rings is 1. The van der Waals surface area contributed by atoms with Crippen molar-refractivity contribution in [3.8, 4) is 11.5 Å². The first-order valence-corrected chi connectivity index (χ1v) is 5.72. The van der Waals surface area contributed by atoms with Crippen molar-refractivity contribution in [3.05, 3.63) is 22.2 Å². The van der Waals surface area contributed by atoms with E-state index in [0.717, 1.165) is 34.4 Å². The van der Waals surface area contributed by atoms with Crippen LogP contribution in [0.2, 0.25) is 0 Å². The predicted octanol–water partition coefficient (Wildman–Crippen LogP) is 2.49. The molecule has 0 unspecified atom stereocenters. The minimum Gasteiger partial charge on any atom is -0.454 e. The van der Waals surface area contributed by atoms with Gasteiger partial charge < -0.3 is 14.6 Å². The Bertz CT molecular complexity index is 363. The molecule has 0 spiro atoms. The summed E-state index contributed by atoms with van der Waals surface area (Å²) in [6.07, 6.45) is 1.30. The third-order valence-corrected chi connectivity index (χ3v) is 3.11. The molecule has 82 valence electrons. The van der Waals surface area contributed by atoms with Crippen LogP contribution >= 0.6 is 15.9 Å². The molecule has 1 N–H and O–H groups in total. The molecule has 1 heterocycles. The maximum absolute atomic E-state index is 9.23. The third-order valence-electron chi connectivity index (χ3n) is 2.37. The first kappa shape index (κ1) is 10.8. The van der Waals surface area contributed by atoms with Gasteiger partial charge in [0.15, 0.2) is 11.5 Å². The number of aryl methyl sites for hydroxylation is 1.